The first-order valence-corrected chi connectivity index (χ1v) is 9.30. The summed E-state index contributed by atoms with van der Waals surface area (Å²) in [4.78, 5) is 23.8. The van der Waals surface area contributed by atoms with Gasteiger partial charge >= 0.3 is 5.97 Å². The maximum absolute atomic E-state index is 12.2. The zero-order valence-electron chi connectivity index (χ0n) is 14.7. The Morgan fingerprint density at radius 2 is 2.07 bits per heavy atom. The molecule has 27 heavy (non-hydrogen) atoms. The number of nitrogens with one attached hydrogen (secondary N) is 2. The fraction of sp³-hybridized carbons (Fsp3) is 0.294. The molecule has 0 bridgehead atoms. The largest absolute Gasteiger partial charge is 0.495 e. The van der Waals surface area contributed by atoms with E-state index in [-0.39, 0.29) is 10.8 Å². The van der Waals surface area contributed by atoms with Crippen LogP contribution in [0.2, 0.25) is 0 Å². The fourth-order valence-corrected chi connectivity index (χ4v) is 4.53. The number of hydrogen-bond acceptors (Lipinski definition) is 7. The number of ether oxygens (including phenoxy) is 2. The van der Waals surface area contributed by atoms with Gasteiger partial charge in [0.2, 0.25) is 0 Å². The molecule has 1 aromatic carbocycles. The van der Waals surface area contributed by atoms with Crippen molar-refractivity contribution in [1.29, 1.82) is 0 Å². The van der Waals surface area contributed by atoms with E-state index in [2.05, 4.69) is 10.6 Å². The summed E-state index contributed by atoms with van der Waals surface area (Å²) in [6.07, 6.45) is 2.76. The van der Waals surface area contributed by atoms with Gasteiger partial charge in [-0.15, -0.1) is 11.3 Å². The van der Waals surface area contributed by atoms with Gasteiger partial charge in [-0.3, -0.25) is 10.1 Å². The van der Waals surface area contributed by atoms with E-state index in [1.54, 1.807) is 0 Å². The number of benzene rings is 1. The Morgan fingerprint density at radius 1 is 1.30 bits per heavy atom. The lowest BCUT2D eigenvalue weighted by atomic mass is 10.1. The molecule has 142 valence electrons. The molecule has 0 radical (unpaired) electrons. The second-order valence-corrected chi connectivity index (χ2v) is 7.29. The third-order valence-electron chi connectivity index (χ3n) is 4.18. The van der Waals surface area contributed by atoms with Crippen LogP contribution in [0.25, 0.3) is 0 Å². The summed E-state index contributed by atoms with van der Waals surface area (Å²) in [6, 6.07) is 4.17. The first kappa shape index (κ1) is 19.1. The number of thiophene rings is 1. The van der Waals surface area contributed by atoms with Gasteiger partial charge in [0.15, 0.2) is 5.11 Å². The molecule has 2 N–H and O–H groups in total. The van der Waals surface area contributed by atoms with Gasteiger partial charge in [0.25, 0.3) is 5.69 Å². The lowest BCUT2D eigenvalue weighted by Gasteiger charge is -2.13. The number of non-ortho nitro benzene ring substituents is 1. The molecule has 1 aliphatic carbocycles. The fourth-order valence-electron chi connectivity index (χ4n) is 2.97. The van der Waals surface area contributed by atoms with E-state index in [4.69, 9.17) is 21.7 Å². The molecule has 0 amide bonds. The van der Waals surface area contributed by atoms with Gasteiger partial charge in [-0.05, 0) is 43.1 Å². The number of fused-ring (bicyclic) bond motifs is 1. The molecule has 1 heterocycles. The van der Waals surface area contributed by atoms with Crippen molar-refractivity contribution in [3.05, 3.63) is 44.3 Å². The summed E-state index contributed by atoms with van der Waals surface area (Å²) < 4.78 is 10.1. The Labute approximate surface area is 164 Å². The van der Waals surface area contributed by atoms with Crippen molar-refractivity contribution in [1.82, 2.24) is 0 Å². The summed E-state index contributed by atoms with van der Waals surface area (Å²) in [5.41, 5.74) is 1.77. The standard InChI is InChI=1S/C17H17N3O5S2/c1-24-12-7-6-9(20(22)23)8-11(12)18-17(26)19-15-14(16(21)25-2)10-4-3-5-13(10)27-15/h6-8H,3-5H2,1-2H3,(H2,18,19,26). The van der Waals surface area contributed by atoms with Crippen molar-refractivity contribution in [3.63, 3.8) is 0 Å². The average molecular weight is 407 g/mol. The van der Waals surface area contributed by atoms with Crippen LogP contribution in [-0.4, -0.2) is 30.2 Å². The highest BCUT2D eigenvalue weighted by Gasteiger charge is 2.27. The molecule has 1 aliphatic rings. The van der Waals surface area contributed by atoms with E-state index in [0.29, 0.717) is 22.0 Å². The number of nitro benzene ring substituents is 1. The smallest absolute Gasteiger partial charge is 0.341 e. The molecule has 0 saturated carbocycles. The third-order valence-corrected chi connectivity index (χ3v) is 5.59. The van der Waals surface area contributed by atoms with Crippen LogP contribution in [0.5, 0.6) is 5.75 Å². The number of nitrogens with zero attached hydrogens (tertiary/aromatic N) is 1. The quantitative estimate of drug-likeness (QED) is 0.334. The van der Waals surface area contributed by atoms with Gasteiger partial charge < -0.3 is 20.1 Å². The van der Waals surface area contributed by atoms with E-state index >= 15 is 0 Å². The van der Waals surface area contributed by atoms with Crippen molar-refractivity contribution in [2.24, 2.45) is 0 Å². The number of carbonyl (C=O) groups excluding carboxylic acids is 1. The van der Waals surface area contributed by atoms with Crippen LogP contribution in [0.1, 0.15) is 27.2 Å². The number of thiocarbonyl (C=S) groups is 1. The summed E-state index contributed by atoms with van der Waals surface area (Å²) in [7, 11) is 2.80. The predicted molar refractivity (Wildman–Crippen MR) is 107 cm³/mol. The summed E-state index contributed by atoms with van der Waals surface area (Å²) in [6.45, 7) is 0. The number of methoxy groups -OCH3 is 2. The molecule has 1 aromatic heterocycles. The number of aryl methyl sites for hydroxylation is 1. The molecule has 0 atom stereocenters. The predicted octanol–water partition coefficient (Wildman–Crippen LogP) is 3.75. The van der Waals surface area contributed by atoms with E-state index in [1.165, 1.54) is 43.8 Å². The van der Waals surface area contributed by atoms with Crippen LogP contribution >= 0.6 is 23.6 Å². The molecule has 0 spiro atoms. The SMILES string of the molecule is COC(=O)c1c(NC(=S)Nc2cc([N+](=O)[O-])ccc2OC)sc2c1CCC2. The van der Waals surface area contributed by atoms with Crippen LogP contribution < -0.4 is 15.4 Å². The van der Waals surface area contributed by atoms with Crippen molar-refractivity contribution in [3.8, 4) is 5.75 Å². The molecule has 0 aliphatic heterocycles. The van der Waals surface area contributed by atoms with Gasteiger partial charge in [-0.2, -0.15) is 0 Å². The van der Waals surface area contributed by atoms with Crippen LogP contribution in [-0.2, 0) is 17.6 Å². The van der Waals surface area contributed by atoms with E-state index in [1.807, 2.05) is 0 Å². The maximum atomic E-state index is 12.2. The molecule has 10 heteroatoms. The van der Waals surface area contributed by atoms with Crippen molar-refractivity contribution >= 4 is 51.0 Å². The number of carbonyl (C=O) groups is 1. The molecular formula is C17H17N3O5S2. The van der Waals surface area contributed by atoms with Gasteiger partial charge in [0, 0.05) is 17.0 Å². The van der Waals surface area contributed by atoms with Crippen LogP contribution in [0.4, 0.5) is 16.4 Å². The highest BCUT2D eigenvalue weighted by molar-refractivity contribution is 7.80. The van der Waals surface area contributed by atoms with Crippen molar-refractivity contribution in [2.75, 3.05) is 24.9 Å². The summed E-state index contributed by atoms with van der Waals surface area (Å²) in [5.74, 6) is -0.000699. The average Bonchev–Trinajstić information content (AvgIpc) is 3.21. The van der Waals surface area contributed by atoms with E-state index < -0.39 is 10.9 Å². The second-order valence-electron chi connectivity index (χ2n) is 5.77. The Kier molecular flexibility index (Phi) is 5.57. The normalized spacial score (nSPS) is 12.2. The number of rotatable bonds is 5. The van der Waals surface area contributed by atoms with Crippen LogP contribution in [0, 0.1) is 10.1 Å². The third kappa shape index (κ3) is 3.86. The topological polar surface area (TPSA) is 103 Å². The Hall–Kier alpha value is -2.72. The van der Waals surface area contributed by atoms with E-state index in [9.17, 15) is 14.9 Å². The minimum absolute atomic E-state index is 0.0913. The maximum Gasteiger partial charge on any atom is 0.341 e. The lowest BCUT2D eigenvalue weighted by molar-refractivity contribution is -0.384. The van der Waals surface area contributed by atoms with E-state index in [0.717, 1.165) is 29.7 Å². The summed E-state index contributed by atoms with van der Waals surface area (Å²) >= 11 is 6.80. The zero-order chi connectivity index (χ0) is 19.6. The first-order valence-electron chi connectivity index (χ1n) is 8.08. The van der Waals surface area contributed by atoms with Crippen molar-refractivity contribution < 1.29 is 19.2 Å². The number of nitro groups is 1. The van der Waals surface area contributed by atoms with Gasteiger partial charge in [-0.1, -0.05) is 0 Å². The van der Waals surface area contributed by atoms with Gasteiger partial charge in [0.1, 0.15) is 10.8 Å². The molecule has 2 aromatic rings. The Bertz CT molecular complexity index is 926. The Balaban J connectivity index is 1.84. The molecular weight excluding hydrogens is 390 g/mol. The number of esters is 1. The monoisotopic (exact) mass is 407 g/mol. The molecule has 0 fully saturated rings. The van der Waals surface area contributed by atoms with Gasteiger partial charge in [-0.25, -0.2) is 4.79 Å². The Morgan fingerprint density at radius 3 is 2.74 bits per heavy atom. The van der Waals surface area contributed by atoms with Crippen LogP contribution in [0.3, 0.4) is 0 Å². The lowest BCUT2D eigenvalue weighted by Crippen LogP contribution is -2.20. The number of anilines is 2. The minimum Gasteiger partial charge on any atom is -0.495 e. The van der Waals surface area contributed by atoms with Gasteiger partial charge in [0.05, 0.1) is 30.4 Å². The minimum atomic E-state index is -0.500. The first-order chi connectivity index (χ1) is 12.9. The zero-order valence-corrected chi connectivity index (χ0v) is 16.3. The highest BCUT2D eigenvalue weighted by atomic mass is 32.1. The summed E-state index contributed by atoms with van der Waals surface area (Å²) in [5, 5.41) is 17.7. The molecule has 3 rings (SSSR count). The van der Waals surface area contributed by atoms with Crippen molar-refractivity contribution in [2.45, 2.75) is 19.3 Å². The van der Waals surface area contributed by atoms with Crippen LogP contribution in [0.15, 0.2) is 18.2 Å². The second kappa shape index (κ2) is 7.89. The highest BCUT2D eigenvalue weighted by Crippen LogP contribution is 2.39. The molecule has 0 unspecified atom stereocenters. The molecule has 8 nitrogen and oxygen atoms in total. The molecule has 0 saturated heterocycles. The number of hydrogen-bond donors (Lipinski definition) is 2.